The van der Waals surface area contributed by atoms with E-state index in [1.165, 1.54) is 5.56 Å². The van der Waals surface area contributed by atoms with Crippen molar-refractivity contribution in [3.05, 3.63) is 46.5 Å². The maximum Gasteiger partial charge on any atom is 0.105 e. The molecule has 2 rings (SSSR count). The highest BCUT2D eigenvalue weighted by molar-refractivity contribution is 7.07. The molecule has 2 aromatic heterocycles. The zero-order valence-electron chi connectivity index (χ0n) is 8.77. The molecule has 1 atom stereocenters. The molecule has 2 nitrogen and oxygen atoms in total. The lowest BCUT2D eigenvalue weighted by Crippen LogP contribution is -2.27. The van der Waals surface area contributed by atoms with Crippen molar-refractivity contribution >= 4 is 11.3 Å². The van der Waals surface area contributed by atoms with Crippen molar-refractivity contribution < 1.29 is 4.42 Å². The third-order valence-electron chi connectivity index (χ3n) is 2.32. The van der Waals surface area contributed by atoms with Gasteiger partial charge in [-0.1, -0.05) is 0 Å². The normalized spacial score (nSPS) is 12.9. The highest BCUT2D eigenvalue weighted by Crippen LogP contribution is 2.07. The zero-order valence-corrected chi connectivity index (χ0v) is 9.59. The Morgan fingerprint density at radius 2 is 2.40 bits per heavy atom. The van der Waals surface area contributed by atoms with Gasteiger partial charge in [-0.15, -0.1) is 0 Å². The second-order valence-corrected chi connectivity index (χ2v) is 4.48. The summed E-state index contributed by atoms with van der Waals surface area (Å²) in [6.07, 6.45) is 2.66. The molecule has 0 amide bonds. The third-order valence-corrected chi connectivity index (χ3v) is 3.05. The largest absolute Gasteiger partial charge is 0.469 e. The minimum Gasteiger partial charge on any atom is -0.469 e. The summed E-state index contributed by atoms with van der Waals surface area (Å²) >= 11 is 1.74. The van der Waals surface area contributed by atoms with Gasteiger partial charge in [0.1, 0.15) is 5.76 Å². The molecule has 1 N–H and O–H groups in total. The van der Waals surface area contributed by atoms with E-state index in [0.717, 1.165) is 18.7 Å². The van der Waals surface area contributed by atoms with E-state index in [1.807, 2.05) is 12.1 Å². The molecule has 0 aliphatic heterocycles. The Bertz CT molecular complexity index is 366. The molecule has 0 saturated heterocycles. The van der Waals surface area contributed by atoms with Gasteiger partial charge in [0.2, 0.25) is 0 Å². The van der Waals surface area contributed by atoms with Gasteiger partial charge in [0.05, 0.1) is 6.26 Å². The van der Waals surface area contributed by atoms with Crippen LogP contribution in [0.3, 0.4) is 0 Å². The van der Waals surface area contributed by atoms with Gasteiger partial charge < -0.3 is 9.73 Å². The van der Waals surface area contributed by atoms with Crippen molar-refractivity contribution in [2.45, 2.75) is 25.9 Å². The van der Waals surface area contributed by atoms with Gasteiger partial charge in [-0.2, -0.15) is 11.3 Å². The minimum absolute atomic E-state index is 0.441. The molecule has 0 radical (unpaired) electrons. The van der Waals surface area contributed by atoms with Gasteiger partial charge in [0, 0.05) is 19.0 Å². The molecule has 0 aromatic carbocycles. The quantitative estimate of drug-likeness (QED) is 0.839. The minimum atomic E-state index is 0.441. The monoisotopic (exact) mass is 221 g/mol. The fraction of sp³-hybridized carbons (Fsp3) is 0.333. The van der Waals surface area contributed by atoms with E-state index in [4.69, 9.17) is 4.42 Å². The van der Waals surface area contributed by atoms with E-state index in [0.29, 0.717) is 6.04 Å². The maximum atomic E-state index is 5.30. The van der Waals surface area contributed by atoms with Crippen LogP contribution in [0, 0.1) is 0 Å². The SMILES string of the molecule is CC(Cc1ccco1)NCc1ccsc1. The smallest absolute Gasteiger partial charge is 0.105 e. The third kappa shape index (κ3) is 3.22. The molecule has 1 unspecified atom stereocenters. The summed E-state index contributed by atoms with van der Waals surface area (Å²) in [6, 6.07) is 6.54. The molecular formula is C12H15NOS. The first-order valence-electron chi connectivity index (χ1n) is 5.11. The Morgan fingerprint density at radius 1 is 1.47 bits per heavy atom. The predicted molar refractivity (Wildman–Crippen MR) is 63.0 cm³/mol. The Morgan fingerprint density at radius 3 is 3.07 bits per heavy atom. The van der Waals surface area contributed by atoms with E-state index in [9.17, 15) is 0 Å². The number of furan rings is 1. The molecular weight excluding hydrogens is 206 g/mol. The van der Waals surface area contributed by atoms with Crippen molar-refractivity contribution in [3.8, 4) is 0 Å². The van der Waals surface area contributed by atoms with E-state index in [-0.39, 0.29) is 0 Å². The van der Waals surface area contributed by atoms with Crippen LogP contribution in [-0.2, 0) is 13.0 Å². The van der Waals surface area contributed by atoms with Crippen molar-refractivity contribution in [2.24, 2.45) is 0 Å². The van der Waals surface area contributed by atoms with Crippen LogP contribution >= 0.6 is 11.3 Å². The summed E-state index contributed by atoms with van der Waals surface area (Å²) in [4.78, 5) is 0. The summed E-state index contributed by atoms with van der Waals surface area (Å²) in [5.41, 5.74) is 1.35. The molecule has 80 valence electrons. The topological polar surface area (TPSA) is 25.2 Å². The van der Waals surface area contributed by atoms with Crippen molar-refractivity contribution in [1.29, 1.82) is 0 Å². The lowest BCUT2D eigenvalue weighted by Gasteiger charge is -2.11. The Labute approximate surface area is 93.9 Å². The first-order chi connectivity index (χ1) is 7.34. The Balaban J connectivity index is 1.76. The highest BCUT2D eigenvalue weighted by atomic mass is 32.1. The van der Waals surface area contributed by atoms with Crippen LogP contribution < -0.4 is 5.32 Å². The molecule has 0 saturated carbocycles. The van der Waals surface area contributed by atoms with Gasteiger partial charge >= 0.3 is 0 Å². The Kier molecular flexibility index (Phi) is 3.59. The number of thiophene rings is 1. The van der Waals surface area contributed by atoms with Gasteiger partial charge in [-0.3, -0.25) is 0 Å². The van der Waals surface area contributed by atoms with Crippen molar-refractivity contribution in [1.82, 2.24) is 5.32 Å². The van der Waals surface area contributed by atoms with Crippen LogP contribution in [0.5, 0.6) is 0 Å². The maximum absolute atomic E-state index is 5.30. The van der Waals surface area contributed by atoms with Gasteiger partial charge in [-0.05, 0) is 41.4 Å². The van der Waals surface area contributed by atoms with E-state index in [2.05, 4.69) is 29.1 Å². The summed E-state index contributed by atoms with van der Waals surface area (Å²) in [6.45, 7) is 3.11. The number of rotatable bonds is 5. The summed E-state index contributed by atoms with van der Waals surface area (Å²) in [7, 11) is 0. The second kappa shape index (κ2) is 5.14. The van der Waals surface area contributed by atoms with Gasteiger partial charge in [0.15, 0.2) is 0 Å². The fourth-order valence-electron chi connectivity index (χ4n) is 1.49. The summed E-state index contributed by atoms with van der Waals surface area (Å²) < 4.78 is 5.30. The van der Waals surface area contributed by atoms with Crippen LogP contribution in [0.2, 0.25) is 0 Å². The highest BCUT2D eigenvalue weighted by Gasteiger charge is 2.04. The molecule has 2 heterocycles. The van der Waals surface area contributed by atoms with Crippen molar-refractivity contribution in [3.63, 3.8) is 0 Å². The number of hydrogen-bond acceptors (Lipinski definition) is 3. The summed E-state index contributed by atoms with van der Waals surface area (Å²) in [5.74, 6) is 1.04. The average Bonchev–Trinajstić information content (AvgIpc) is 2.86. The molecule has 0 bridgehead atoms. The van der Waals surface area contributed by atoms with Gasteiger partial charge in [-0.25, -0.2) is 0 Å². The molecule has 0 aliphatic carbocycles. The van der Waals surface area contributed by atoms with Crippen LogP contribution in [-0.4, -0.2) is 6.04 Å². The van der Waals surface area contributed by atoms with Crippen LogP contribution in [0.1, 0.15) is 18.2 Å². The van der Waals surface area contributed by atoms with Gasteiger partial charge in [0.25, 0.3) is 0 Å². The number of hydrogen-bond donors (Lipinski definition) is 1. The molecule has 15 heavy (non-hydrogen) atoms. The Hall–Kier alpha value is -1.06. The summed E-state index contributed by atoms with van der Waals surface area (Å²) in [5, 5.41) is 7.75. The average molecular weight is 221 g/mol. The molecule has 3 heteroatoms. The van der Waals surface area contributed by atoms with Crippen LogP contribution in [0.15, 0.2) is 39.6 Å². The fourth-order valence-corrected chi connectivity index (χ4v) is 2.16. The lowest BCUT2D eigenvalue weighted by atomic mass is 10.2. The number of nitrogens with one attached hydrogen (secondary N) is 1. The first-order valence-corrected chi connectivity index (χ1v) is 6.05. The first kappa shape index (κ1) is 10.5. The van der Waals surface area contributed by atoms with Crippen LogP contribution in [0.4, 0.5) is 0 Å². The second-order valence-electron chi connectivity index (χ2n) is 3.70. The molecule has 0 spiro atoms. The van der Waals surface area contributed by atoms with E-state index < -0.39 is 0 Å². The van der Waals surface area contributed by atoms with Crippen LogP contribution in [0.25, 0.3) is 0 Å². The van der Waals surface area contributed by atoms with E-state index >= 15 is 0 Å². The predicted octanol–water partition coefficient (Wildman–Crippen LogP) is 3.06. The van der Waals surface area contributed by atoms with Crippen molar-refractivity contribution in [2.75, 3.05) is 0 Å². The molecule has 0 fully saturated rings. The molecule has 0 aliphatic rings. The lowest BCUT2D eigenvalue weighted by molar-refractivity contribution is 0.456. The van der Waals surface area contributed by atoms with E-state index in [1.54, 1.807) is 17.6 Å². The zero-order chi connectivity index (χ0) is 10.5. The standard InChI is InChI=1S/C12H15NOS/c1-10(7-12-3-2-5-14-12)13-8-11-4-6-15-9-11/h2-6,9-10,13H,7-8H2,1H3. The molecule has 2 aromatic rings.